The number of benzene rings is 2. The first-order chi connectivity index (χ1) is 13.6. The number of nitrogens with zero attached hydrogens (tertiary/aromatic N) is 1. The summed E-state index contributed by atoms with van der Waals surface area (Å²) in [6.07, 6.45) is 0. The average molecular weight is 437 g/mol. The van der Waals surface area contributed by atoms with Crippen LogP contribution in [0.4, 0.5) is 0 Å². The number of ether oxygens (including phenoxy) is 2. The molecule has 0 aliphatic carbocycles. The van der Waals surface area contributed by atoms with Crippen molar-refractivity contribution in [1.82, 2.24) is 10.3 Å². The average Bonchev–Trinajstić information content (AvgIpc) is 3.17. The highest BCUT2D eigenvalue weighted by molar-refractivity contribution is 7.13. The number of thiazole rings is 1. The molecule has 0 radical (unpaired) electrons. The predicted octanol–water partition coefficient (Wildman–Crippen LogP) is 5.07. The van der Waals surface area contributed by atoms with Crippen molar-refractivity contribution < 1.29 is 14.3 Å². The van der Waals surface area contributed by atoms with Crippen LogP contribution in [0.1, 0.15) is 16.1 Å². The third-order valence-electron chi connectivity index (χ3n) is 3.85. The van der Waals surface area contributed by atoms with Gasteiger partial charge in [0.2, 0.25) is 0 Å². The zero-order valence-corrected chi connectivity index (χ0v) is 17.4. The summed E-state index contributed by atoms with van der Waals surface area (Å²) in [5.74, 6) is 0.387. The normalized spacial score (nSPS) is 10.7. The zero-order chi connectivity index (χ0) is 19.9. The van der Waals surface area contributed by atoms with Crippen LogP contribution in [0.3, 0.4) is 0 Å². The lowest BCUT2D eigenvalue weighted by molar-refractivity contribution is 0.0933. The molecule has 3 aromatic rings. The number of carbonyl (C=O) groups is 1. The van der Waals surface area contributed by atoms with Crippen molar-refractivity contribution in [3.8, 4) is 16.3 Å². The van der Waals surface area contributed by atoms with Crippen LogP contribution in [0.2, 0.25) is 10.0 Å². The van der Waals surface area contributed by atoms with Gasteiger partial charge in [0.1, 0.15) is 23.1 Å². The lowest BCUT2D eigenvalue weighted by Gasteiger charge is -2.09. The molecule has 8 heteroatoms. The Morgan fingerprint density at radius 1 is 1.18 bits per heavy atom. The summed E-state index contributed by atoms with van der Waals surface area (Å²) >= 11 is 13.9. The molecule has 0 atom stereocenters. The minimum Gasteiger partial charge on any atom is -0.489 e. The van der Waals surface area contributed by atoms with Crippen LogP contribution < -0.4 is 10.1 Å². The Morgan fingerprint density at radius 2 is 2.00 bits per heavy atom. The highest BCUT2D eigenvalue weighted by atomic mass is 35.5. The number of methoxy groups -OCH3 is 1. The van der Waals surface area contributed by atoms with Gasteiger partial charge in [0.25, 0.3) is 5.91 Å². The van der Waals surface area contributed by atoms with E-state index in [-0.39, 0.29) is 5.91 Å². The second-order valence-corrected chi connectivity index (χ2v) is 7.48. The van der Waals surface area contributed by atoms with E-state index in [1.807, 2.05) is 36.4 Å². The van der Waals surface area contributed by atoms with E-state index in [1.165, 1.54) is 11.3 Å². The Bertz CT molecular complexity index is 962. The SMILES string of the molecule is COCCNC(=O)c1csc(-c2ccc(OCc3ccccc3Cl)cc2Cl)n1. The van der Waals surface area contributed by atoms with Crippen LogP contribution in [0.15, 0.2) is 47.8 Å². The van der Waals surface area contributed by atoms with Crippen LogP contribution in [0.25, 0.3) is 10.6 Å². The zero-order valence-electron chi connectivity index (χ0n) is 15.1. The van der Waals surface area contributed by atoms with Crippen molar-refractivity contribution >= 4 is 40.4 Å². The topological polar surface area (TPSA) is 60.5 Å². The van der Waals surface area contributed by atoms with Crippen LogP contribution in [-0.2, 0) is 11.3 Å². The molecule has 0 bridgehead atoms. The first kappa shape index (κ1) is 20.6. The molecule has 0 fully saturated rings. The van der Waals surface area contributed by atoms with Crippen molar-refractivity contribution in [2.75, 3.05) is 20.3 Å². The van der Waals surface area contributed by atoms with E-state index in [0.29, 0.717) is 46.3 Å². The van der Waals surface area contributed by atoms with Crippen molar-refractivity contribution in [2.45, 2.75) is 6.61 Å². The van der Waals surface area contributed by atoms with Crippen molar-refractivity contribution in [3.05, 3.63) is 69.1 Å². The van der Waals surface area contributed by atoms with Gasteiger partial charge in [0, 0.05) is 35.2 Å². The number of nitrogens with one attached hydrogen (secondary N) is 1. The van der Waals surface area contributed by atoms with Gasteiger partial charge >= 0.3 is 0 Å². The van der Waals surface area contributed by atoms with Gasteiger partial charge in [-0.15, -0.1) is 11.3 Å². The van der Waals surface area contributed by atoms with E-state index in [1.54, 1.807) is 18.6 Å². The fourth-order valence-electron chi connectivity index (χ4n) is 2.39. The molecule has 0 spiro atoms. The molecule has 5 nitrogen and oxygen atoms in total. The maximum atomic E-state index is 12.1. The molecular weight excluding hydrogens is 419 g/mol. The van der Waals surface area contributed by atoms with Gasteiger partial charge in [-0.2, -0.15) is 0 Å². The first-order valence-corrected chi connectivity index (χ1v) is 10.1. The number of hydrogen-bond acceptors (Lipinski definition) is 5. The molecule has 146 valence electrons. The highest BCUT2D eigenvalue weighted by Gasteiger charge is 2.14. The van der Waals surface area contributed by atoms with Gasteiger partial charge in [-0.05, 0) is 24.3 Å². The van der Waals surface area contributed by atoms with Crippen molar-refractivity contribution in [3.63, 3.8) is 0 Å². The van der Waals surface area contributed by atoms with Gasteiger partial charge in [-0.25, -0.2) is 4.98 Å². The lowest BCUT2D eigenvalue weighted by atomic mass is 10.2. The van der Waals surface area contributed by atoms with Gasteiger partial charge in [-0.3, -0.25) is 4.79 Å². The molecule has 1 aromatic heterocycles. The molecular formula is C20H18Cl2N2O3S. The van der Waals surface area contributed by atoms with Gasteiger partial charge in [-0.1, -0.05) is 41.4 Å². The Hall–Kier alpha value is -2.12. The highest BCUT2D eigenvalue weighted by Crippen LogP contribution is 2.33. The van der Waals surface area contributed by atoms with Crippen LogP contribution in [-0.4, -0.2) is 31.2 Å². The van der Waals surface area contributed by atoms with E-state index < -0.39 is 0 Å². The summed E-state index contributed by atoms with van der Waals surface area (Å²) in [5, 5.41) is 6.27. The van der Waals surface area contributed by atoms with Crippen LogP contribution >= 0.6 is 34.5 Å². The maximum absolute atomic E-state index is 12.1. The van der Waals surface area contributed by atoms with E-state index in [4.69, 9.17) is 32.7 Å². The minimum atomic E-state index is -0.240. The van der Waals surface area contributed by atoms with Gasteiger partial charge in [0.05, 0.1) is 11.6 Å². The smallest absolute Gasteiger partial charge is 0.270 e. The molecule has 3 rings (SSSR count). The first-order valence-electron chi connectivity index (χ1n) is 8.47. The maximum Gasteiger partial charge on any atom is 0.270 e. The van der Waals surface area contributed by atoms with Crippen molar-refractivity contribution in [2.24, 2.45) is 0 Å². The Labute approximate surface area is 177 Å². The van der Waals surface area contributed by atoms with E-state index in [9.17, 15) is 4.79 Å². The number of aromatic nitrogens is 1. The quantitative estimate of drug-likeness (QED) is 0.500. The largest absolute Gasteiger partial charge is 0.489 e. The predicted molar refractivity (Wildman–Crippen MR) is 113 cm³/mol. The molecule has 1 heterocycles. The number of hydrogen-bond donors (Lipinski definition) is 1. The number of halogens is 2. The second-order valence-electron chi connectivity index (χ2n) is 5.81. The molecule has 1 amide bonds. The van der Waals surface area contributed by atoms with Crippen molar-refractivity contribution in [1.29, 1.82) is 0 Å². The van der Waals surface area contributed by atoms with E-state index in [2.05, 4.69) is 10.3 Å². The second kappa shape index (κ2) is 9.89. The molecule has 2 aromatic carbocycles. The Kier molecular flexibility index (Phi) is 7.28. The molecule has 0 saturated carbocycles. The molecule has 0 aliphatic heterocycles. The standard InChI is InChI=1S/C20H18Cl2N2O3S/c1-26-9-8-23-19(25)18-12-28-20(24-18)15-7-6-14(10-17(15)22)27-11-13-4-2-3-5-16(13)21/h2-7,10,12H,8-9,11H2,1H3,(H,23,25). The van der Waals surface area contributed by atoms with Crippen LogP contribution in [0.5, 0.6) is 5.75 Å². The van der Waals surface area contributed by atoms with Gasteiger partial charge < -0.3 is 14.8 Å². The van der Waals surface area contributed by atoms with Gasteiger partial charge in [0.15, 0.2) is 0 Å². The Morgan fingerprint density at radius 3 is 2.75 bits per heavy atom. The number of amides is 1. The minimum absolute atomic E-state index is 0.240. The van der Waals surface area contributed by atoms with E-state index in [0.717, 1.165) is 11.1 Å². The monoisotopic (exact) mass is 436 g/mol. The number of rotatable bonds is 8. The summed E-state index contributed by atoms with van der Waals surface area (Å²) in [6.45, 7) is 1.23. The van der Waals surface area contributed by atoms with Crippen LogP contribution in [0, 0.1) is 0 Å². The summed E-state index contributed by atoms with van der Waals surface area (Å²) in [4.78, 5) is 16.4. The third kappa shape index (κ3) is 5.23. The fraction of sp³-hybridized carbons (Fsp3) is 0.200. The summed E-state index contributed by atoms with van der Waals surface area (Å²) in [5.41, 5.74) is 1.99. The molecule has 0 saturated heterocycles. The molecule has 0 aliphatic rings. The number of carbonyl (C=O) groups excluding carboxylic acids is 1. The molecule has 1 N–H and O–H groups in total. The molecule has 0 unspecified atom stereocenters. The Balaban J connectivity index is 1.67. The molecule has 28 heavy (non-hydrogen) atoms. The third-order valence-corrected chi connectivity index (χ3v) is 5.41. The summed E-state index contributed by atoms with van der Waals surface area (Å²) in [7, 11) is 1.58. The van der Waals surface area contributed by atoms with E-state index >= 15 is 0 Å². The lowest BCUT2D eigenvalue weighted by Crippen LogP contribution is -2.27. The summed E-state index contributed by atoms with van der Waals surface area (Å²) < 4.78 is 10.7. The summed E-state index contributed by atoms with van der Waals surface area (Å²) in [6, 6.07) is 12.9. The fourth-order valence-corrected chi connectivity index (χ4v) is 3.74.